The van der Waals surface area contributed by atoms with Crippen LogP contribution in [-0.2, 0) is 10.0 Å². The van der Waals surface area contributed by atoms with Gasteiger partial charge in [0.1, 0.15) is 0 Å². The van der Waals surface area contributed by atoms with Gasteiger partial charge in [-0.15, -0.1) is 0 Å². The molecular formula is C15H18N2O2S. The standard InChI is InChI=1S/C15H18N2O2S/c1-12-6-4-5-7-15(12)20(18,19)17(3)13(2)14-8-10-16-11-9-14/h4-11,13H,1-3H3. The lowest BCUT2D eigenvalue weighted by Gasteiger charge is -2.25. The number of aromatic nitrogens is 1. The zero-order valence-electron chi connectivity index (χ0n) is 11.8. The summed E-state index contributed by atoms with van der Waals surface area (Å²) in [6, 6.07) is 10.4. The van der Waals surface area contributed by atoms with Gasteiger partial charge < -0.3 is 0 Å². The summed E-state index contributed by atoms with van der Waals surface area (Å²) in [7, 11) is -1.90. The first-order chi connectivity index (χ1) is 9.44. The first-order valence-corrected chi connectivity index (χ1v) is 7.82. The number of sulfonamides is 1. The van der Waals surface area contributed by atoms with Gasteiger partial charge >= 0.3 is 0 Å². The molecule has 4 nitrogen and oxygen atoms in total. The van der Waals surface area contributed by atoms with Crippen molar-refractivity contribution in [3.05, 3.63) is 59.9 Å². The molecule has 0 amide bonds. The summed E-state index contributed by atoms with van der Waals surface area (Å²) >= 11 is 0. The molecule has 5 heteroatoms. The van der Waals surface area contributed by atoms with E-state index in [1.54, 1.807) is 44.6 Å². The minimum atomic E-state index is -3.50. The molecule has 0 fully saturated rings. The maximum absolute atomic E-state index is 12.7. The predicted octanol–water partition coefficient (Wildman–Crippen LogP) is 2.77. The van der Waals surface area contributed by atoms with E-state index in [4.69, 9.17) is 0 Å². The average molecular weight is 290 g/mol. The molecule has 1 aromatic carbocycles. The van der Waals surface area contributed by atoms with E-state index >= 15 is 0 Å². The van der Waals surface area contributed by atoms with Crippen LogP contribution in [0.3, 0.4) is 0 Å². The van der Waals surface area contributed by atoms with E-state index in [0.29, 0.717) is 4.90 Å². The fraction of sp³-hybridized carbons (Fsp3) is 0.267. The van der Waals surface area contributed by atoms with Gasteiger partial charge in [-0.05, 0) is 43.2 Å². The molecule has 0 radical (unpaired) electrons. The molecule has 106 valence electrons. The van der Waals surface area contributed by atoms with E-state index in [1.165, 1.54) is 4.31 Å². The van der Waals surface area contributed by atoms with Crippen molar-refractivity contribution in [2.24, 2.45) is 0 Å². The van der Waals surface area contributed by atoms with Gasteiger partial charge in [-0.2, -0.15) is 4.31 Å². The third-order valence-corrected chi connectivity index (χ3v) is 5.57. The lowest BCUT2D eigenvalue weighted by Crippen LogP contribution is -2.30. The molecule has 1 heterocycles. The summed E-state index contributed by atoms with van der Waals surface area (Å²) < 4.78 is 26.7. The number of benzene rings is 1. The van der Waals surface area contributed by atoms with Crippen LogP contribution in [0.15, 0.2) is 53.7 Å². The summed E-state index contributed by atoms with van der Waals surface area (Å²) in [6.45, 7) is 3.67. The Balaban J connectivity index is 2.38. The van der Waals surface area contributed by atoms with Crippen molar-refractivity contribution in [3.63, 3.8) is 0 Å². The molecule has 0 N–H and O–H groups in total. The van der Waals surface area contributed by atoms with Gasteiger partial charge in [-0.3, -0.25) is 4.98 Å². The van der Waals surface area contributed by atoms with E-state index in [2.05, 4.69) is 4.98 Å². The van der Waals surface area contributed by atoms with Crippen LogP contribution >= 0.6 is 0 Å². The Morgan fingerprint density at radius 2 is 1.70 bits per heavy atom. The van der Waals surface area contributed by atoms with E-state index in [-0.39, 0.29) is 6.04 Å². The lowest BCUT2D eigenvalue weighted by molar-refractivity contribution is 0.398. The zero-order chi connectivity index (χ0) is 14.8. The highest BCUT2D eigenvalue weighted by Crippen LogP contribution is 2.26. The number of nitrogens with zero attached hydrogens (tertiary/aromatic N) is 2. The molecule has 0 bridgehead atoms. The number of hydrogen-bond donors (Lipinski definition) is 0. The van der Waals surface area contributed by atoms with Crippen molar-refractivity contribution in [3.8, 4) is 0 Å². The smallest absolute Gasteiger partial charge is 0.243 e. The van der Waals surface area contributed by atoms with Gasteiger partial charge in [-0.1, -0.05) is 18.2 Å². The van der Waals surface area contributed by atoms with E-state index in [0.717, 1.165) is 11.1 Å². The Kier molecular flexibility index (Phi) is 4.20. The second-order valence-corrected chi connectivity index (χ2v) is 6.71. The average Bonchev–Trinajstić information content (AvgIpc) is 2.47. The fourth-order valence-electron chi connectivity index (χ4n) is 2.06. The van der Waals surface area contributed by atoms with Crippen molar-refractivity contribution < 1.29 is 8.42 Å². The maximum atomic E-state index is 12.7. The largest absolute Gasteiger partial charge is 0.265 e. The van der Waals surface area contributed by atoms with Gasteiger partial charge in [-0.25, -0.2) is 8.42 Å². The summed E-state index contributed by atoms with van der Waals surface area (Å²) in [5, 5.41) is 0. The number of aryl methyl sites for hydroxylation is 1. The van der Waals surface area contributed by atoms with E-state index in [1.807, 2.05) is 25.1 Å². The number of rotatable bonds is 4. The molecule has 2 aromatic rings. The quantitative estimate of drug-likeness (QED) is 0.870. The highest BCUT2D eigenvalue weighted by molar-refractivity contribution is 7.89. The summed E-state index contributed by atoms with van der Waals surface area (Å²) in [6.07, 6.45) is 3.33. The SMILES string of the molecule is Cc1ccccc1S(=O)(=O)N(C)C(C)c1ccncc1. The van der Waals surface area contributed by atoms with Gasteiger partial charge in [0, 0.05) is 25.5 Å². The molecular weight excluding hydrogens is 272 g/mol. The number of pyridine rings is 1. The minimum Gasteiger partial charge on any atom is -0.265 e. The maximum Gasteiger partial charge on any atom is 0.243 e. The van der Waals surface area contributed by atoms with Crippen LogP contribution in [0, 0.1) is 6.92 Å². The molecule has 1 atom stereocenters. The van der Waals surface area contributed by atoms with Crippen LogP contribution in [0.4, 0.5) is 0 Å². The van der Waals surface area contributed by atoms with E-state index in [9.17, 15) is 8.42 Å². The van der Waals surface area contributed by atoms with E-state index < -0.39 is 10.0 Å². The van der Waals surface area contributed by atoms with Crippen LogP contribution in [0.1, 0.15) is 24.1 Å². The second-order valence-electron chi connectivity index (χ2n) is 4.74. The molecule has 20 heavy (non-hydrogen) atoms. The monoisotopic (exact) mass is 290 g/mol. The summed E-state index contributed by atoms with van der Waals surface area (Å²) in [5.41, 5.74) is 1.67. The fourth-order valence-corrected chi connectivity index (χ4v) is 3.63. The molecule has 0 aliphatic carbocycles. The molecule has 1 unspecified atom stereocenters. The van der Waals surface area contributed by atoms with Crippen molar-refractivity contribution in [1.82, 2.24) is 9.29 Å². The first-order valence-electron chi connectivity index (χ1n) is 6.38. The minimum absolute atomic E-state index is 0.248. The summed E-state index contributed by atoms with van der Waals surface area (Å²) in [4.78, 5) is 4.30. The zero-order valence-corrected chi connectivity index (χ0v) is 12.6. The number of hydrogen-bond acceptors (Lipinski definition) is 3. The van der Waals surface area contributed by atoms with Crippen LogP contribution in [-0.4, -0.2) is 24.8 Å². The van der Waals surface area contributed by atoms with Gasteiger partial charge in [0.15, 0.2) is 0 Å². The lowest BCUT2D eigenvalue weighted by atomic mass is 10.1. The highest BCUT2D eigenvalue weighted by atomic mass is 32.2. The van der Waals surface area contributed by atoms with Crippen molar-refractivity contribution in [1.29, 1.82) is 0 Å². The Morgan fingerprint density at radius 3 is 2.30 bits per heavy atom. The Labute approximate surface area is 120 Å². The molecule has 2 rings (SSSR count). The van der Waals surface area contributed by atoms with Crippen molar-refractivity contribution >= 4 is 10.0 Å². The van der Waals surface area contributed by atoms with Crippen LogP contribution in [0.25, 0.3) is 0 Å². The molecule has 1 aromatic heterocycles. The van der Waals surface area contributed by atoms with Crippen molar-refractivity contribution in [2.75, 3.05) is 7.05 Å². The van der Waals surface area contributed by atoms with Crippen LogP contribution < -0.4 is 0 Å². The molecule has 0 saturated carbocycles. The molecule has 0 aliphatic rings. The Morgan fingerprint density at radius 1 is 1.10 bits per heavy atom. The normalized spacial score (nSPS) is 13.4. The molecule has 0 spiro atoms. The third kappa shape index (κ3) is 2.73. The highest BCUT2D eigenvalue weighted by Gasteiger charge is 2.27. The van der Waals surface area contributed by atoms with Crippen molar-refractivity contribution in [2.45, 2.75) is 24.8 Å². The Hall–Kier alpha value is -1.72. The van der Waals surface area contributed by atoms with Gasteiger partial charge in [0.2, 0.25) is 10.0 Å². The van der Waals surface area contributed by atoms with Gasteiger partial charge in [0.05, 0.1) is 4.90 Å². The Bertz CT molecular complexity index is 684. The topological polar surface area (TPSA) is 50.3 Å². The molecule has 0 saturated heterocycles. The first kappa shape index (κ1) is 14.7. The second kappa shape index (κ2) is 5.73. The van der Waals surface area contributed by atoms with Gasteiger partial charge in [0.25, 0.3) is 0 Å². The van der Waals surface area contributed by atoms with Crippen LogP contribution in [0.2, 0.25) is 0 Å². The molecule has 0 aliphatic heterocycles. The third-order valence-electron chi connectivity index (χ3n) is 3.48. The van der Waals surface area contributed by atoms with Crippen LogP contribution in [0.5, 0.6) is 0 Å². The summed E-state index contributed by atoms with van der Waals surface area (Å²) in [5.74, 6) is 0. The predicted molar refractivity (Wildman–Crippen MR) is 78.8 cm³/mol.